The Hall–Kier alpha value is 0.170. The Morgan fingerprint density at radius 3 is 2.20 bits per heavy atom. The van der Waals surface area contributed by atoms with Crippen LogP contribution in [-0.2, 0) is 0 Å². The van der Waals surface area contributed by atoms with Crippen molar-refractivity contribution in [2.75, 3.05) is 0 Å². The van der Waals surface area contributed by atoms with E-state index < -0.39 is 6.23 Å². The van der Waals surface area contributed by atoms with E-state index in [-0.39, 0.29) is 18.5 Å². The largest absolute Gasteiger partial charge is 0.393 e. The van der Waals surface area contributed by atoms with E-state index in [0.717, 1.165) is 12.8 Å². The Kier molecular flexibility index (Phi) is 4.20. The standard InChI is InChI=1S/C6H13NO2.ClH/c7-6(9)3-5(8)4-1-2-4;/h4-6,8-9H,1-3,7H2;1H. The molecule has 3 nitrogen and oxygen atoms in total. The van der Waals surface area contributed by atoms with Gasteiger partial charge >= 0.3 is 0 Å². The lowest BCUT2D eigenvalue weighted by molar-refractivity contribution is 0.0713. The van der Waals surface area contributed by atoms with Crippen molar-refractivity contribution >= 4 is 12.4 Å². The van der Waals surface area contributed by atoms with Gasteiger partial charge in [0.1, 0.15) is 6.23 Å². The van der Waals surface area contributed by atoms with E-state index >= 15 is 0 Å². The van der Waals surface area contributed by atoms with Crippen LogP contribution in [0, 0.1) is 5.92 Å². The SMILES string of the molecule is Cl.NC(O)CC(O)C1CC1. The third-order valence-electron chi connectivity index (χ3n) is 1.65. The zero-order chi connectivity index (χ0) is 6.85. The summed E-state index contributed by atoms with van der Waals surface area (Å²) in [5, 5.41) is 17.7. The van der Waals surface area contributed by atoms with Gasteiger partial charge in [-0.05, 0) is 18.8 Å². The molecule has 0 aromatic rings. The minimum Gasteiger partial charge on any atom is -0.393 e. The van der Waals surface area contributed by atoms with Crippen LogP contribution < -0.4 is 5.73 Å². The van der Waals surface area contributed by atoms with E-state index in [1.54, 1.807) is 0 Å². The molecular formula is C6H14ClNO2. The normalized spacial score (nSPS) is 23.1. The first kappa shape index (κ1) is 10.2. The fourth-order valence-electron chi connectivity index (χ4n) is 0.921. The number of halogens is 1. The molecule has 62 valence electrons. The Bertz CT molecular complexity index is 95.7. The van der Waals surface area contributed by atoms with Crippen molar-refractivity contribution in [3.63, 3.8) is 0 Å². The van der Waals surface area contributed by atoms with Crippen LogP contribution in [0.5, 0.6) is 0 Å². The highest BCUT2D eigenvalue weighted by Gasteiger charge is 2.30. The Morgan fingerprint density at radius 1 is 1.40 bits per heavy atom. The molecule has 1 aliphatic carbocycles. The number of aliphatic hydroxyl groups excluding tert-OH is 2. The molecule has 0 aromatic heterocycles. The fourth-order valence-corrected chi connectivity index (χ4v) is 0.921. The summed E-state index contributed by atoms with van der Waals surface area (Å²) in [5.74, 6) is 0.420. The fraction of sp³-hybridized carbons (Fsp3) is 1.00. The molecule has 2 atom stereocenters. The van der Waals surface area contributed by atoms with E-state index in [1.165, 1.54) is 0 Å². The third kappa shape index (κ3) is 3.37. The average Bonchev–Trinajstić information content (AvgIpc) is 2.40. The van der Waals surface area contributed by atoms with Gasteiger partial charge in [-0.1, -0.05) is 0 Å². The molecule has 4 N–H and O–H groups in total. The van der Waals surface area contributed by atoms with Gasteiger partial charge in [0.25, 0.3) is 0 Å². The van der Waals surface area contributed by atoms with Crippen LogP contribution in [0.1, 0.15) is 19.3 Å². The summed E-state index contributed by atoms with van der Waals surface area (Å²) in [6.45, 7) is 0. The van der Waals surface area contributed by atoms with E-state index in [1.807, 2.05) is 0 Å². The summed E-state index contributed by atoms with van der Waals surface area (Å²) >= 11 is 0. The lowest BCUT2D eigenvalue weighted by atomic mass is 10.1. The van der Waals surface area contributed by atoms with Crippen molar-refractivity contribution in [3.05, 3.63) is 0 Å². The molecule has 1 aliphatic rings. The molecule has 0 aromatic carbocycles. The zero-order valence-corrected chi connectivity index (χ0v) is 6.55. The van der Waals surface area contributed by atoms with Crippen LogP contribution >= 0.6 is 12.4 Å². The summed E-state index contributed by atoms with van der Waals surface area (Å²) in [4.78, 5) is 0. The van der Waals surface area contributed by atoms with Crippen LogP contribution in [0.15, 0.2) is 0 Å². The second-order valence-corrected chi connectivity index (χ2v) is 2.71. The monoisotopic (exact) mass is 167 g/mol. The van der Waals surface area contributed by atoms with Gasteiger partial charge in [0, 0.05) is 6.42 Å². The zero-order valence-electron chi connectivity index (χ0n) is 5.73. The van der Waals surface area contributed by atoms with Gasteiger partial charge in [-0.15, -0.1) is 12.4 Å². The lowest BCUT2D eigenvalue weighted by Gasteiger charge is -2.09. The third-order valence-corrected chi connectivity index (χ3v) is 1.65. The number of nitrogens with two attached hydrogens (primary N) is 1. The van der Waals surface area contributed by atoms with Crippen molar-refractivity contribution < 1.29 is 10.2 Å². The molecule has 0 amide bonds. The molecule has 0 aliphatic heterocycles. The van der Waals surface area contributed by atoms with Crippen LogP contribution in [-0.4, -0.2) is 22.5 Å². The van der Waals surface area contributed by atoms with Gasteiger partial charge in [-0.25, -0.2) is 0 Å². The molecule has 0 saturated heterocycles. The van der Waals surface area contributed by atoms with Gasteiger partial charge in [-0.2, -0.15) is 0 Å². The molecule has 4 heteroatoms. The molecular weight excluding hydrogens is 154 g/mol. The topological polar surface area (TPSA) is 66.5 Å². The van der Waals surface area contributed by atoms with Crippen LogP contribution in [0.4, 0.5) is 0 Å². The predicted octanol–water partition coefficient (Wildman–Crippen LogP) is -0.154. The molecule has 0 bridgehead atoms. The predicted molar refractivity (Wildman–Crippen MR) is 40.8 cm³/mol. The van der Waals surface area contributed by atoms with Gasteiger partial charge in [0.2, 0.25) is 0 Å². The van der Waals surface area contributed by atoms with Gasteiger partial charge in [0.05, 0.1) is 6.10 Å². The van der Waals surface area contributed by atoms with E-state index in [4.69, 9.17) is 15.9 Å². The molecule has 0 heterocycles. The first-order chi connectivity index (χ1) is 4.20. The summed E-state index contributed by atoms with van der Waals surface area (Å²) < 4.78 is 0. The highest BCUT2D eigenvalue weighted by Crippen LogP contribution is 2.33. The minimum absolute atomic E-state index is 0. The highest BCUT2D eigenvalue weighted by atomic mass is 35.5. The van der Waals surface area contributed by atoms with Crippen molar-refractivity contribution in [3.8, 4) is 0 Å². The molecule has 1 fully saturated rings. The highest BCUT2D eigenvalue weighted by molar-refractivity contribution is 5.85. The summed E-state index contributed by atoms with van der Waals surface area (Å²) in [6.07, 6.45) is 1.29. The van der Waals surface area contributed by atoms with Crippen LogP contribution in [0.2, 0.25) is 0 Å². The van der Waals surface area contributed by atoms with Gasteiger partial charge in [-0.3, -0.25) is 0 Å². The first-order valence-corrected chi connectivity index (χ1v) is 3.32. The number of hydrogen-bond donors (Lipinski definition) is 3. The second kappa shape index (κ2) is 4.13. The van der Waals surface area contributed by atoms with Crippen molar-refractivity contribution in [2.45, 2.75) is 31.6 Å². The molecule has 10 heavy (non-hydrogen) atoms. The average molecular weight is 168 g/mol. The number of aliphatic hydroxyl groups is 2. The Morgan fingerprint density at radius 2 is 1.90 bits per heavy atom. The van der Waals surface area contributed by atoms with Crippen LogP contribution in [0.25, 0.3) is 0 Å². The van der Waals surface area contributed by atoms with Gasteiger partial charge < -0.3 is 15.9 Å². The first-order valence-electron chi connectivity index (χ1n) is 3.32. The maximum atomic E-state index is 9.12. The quantitative estimate of drug-likeness (QED) is 0.512. The van der Waals surface area contributed by atoms with E-state index in [0.29, 0.717) is 12.3 Å². The van der Waals surface area contributed by atoms with Crippen LogP contribution in [0.3, 0.4) is 0 Å². The molecule has 0 radical (unpaired) electrons. The molecule has 0 spiro atoms. The maximum Gasteiger partial charge on any atom is 0.104 e. The smallest absolute Gasteiger partial charge is 0.104 e. The summed E-state index contributed by atoms with van der Waals surface area (Å²) in [5.41, 5.74) is 5.05. The lowest BCUT2D eigenvalue weighted by Crippen LogP contribution is -2.26. The molecule has 1 saturated carbocycles. The van der Waals surface area contributed by atoms with E-state index in [2.05, 4.69) is 0 Å². The second-order valence-electron chi connectivity index (χ2n) is 2.71. The van der Waals surface area contributed by atoms with Crippen molar-refractivity contribution in [2.24, 2.45) is 11.7 Å². The number of rotatable bonds is 3. The summed E-state index contributed by atoms with van der Waals surface area (Å²) in [6, 6.07) is 0. The van der Waals surface area contributed by atoms with Crippen molar-refractivity contribution in [1.82, 2.24) is 0 Å². The maximum absolute atomic E-state index is 9.12. The molecule has 1 rings (SSSR count). The van der Waals surface area contributed by atoms with Crippen molar-refractivity contribution in [1.29, 1.82) is 0 Å². The minimum atomic E-state index is -0.847. The van der Waals surface area contributed by atoms with Gasteiger partial charge in [0.15, 0.2) is 0 Å². The summed E-state index contributed by atoms with van der Waals surface area (Å²) in [7, 11) is 0. The number of hydrogen-bond acceptors (Lipinski definition) is 3. The Balaban J connectivity index is 0.000000810. The molecule has 2 unspecified atom stereocenters. The van der Waals surface area contributed by atoms with E-state index in [9.17, 15) is 0 Å². The Labute approximate surface area is 66.6 Å².